The van der Waals surface area contributed by atoms with E-state index in [1.165, 1.54) is 12.1 Å². The topological polar surface area (TPSA) is 77.0 Å². The fourth-order valence-corrected chi connectivity index (χ4v) is 2.89. The van der Waals surface area contributed by atoms with Gasteiger partial charge in [-0.3, -0.25) is 10.1 Å². The Hall–Kier alpha value is -2.22. The Labute approximate surface area is 151 Å². The van der Waals surface area contributed by atoms with E-state index in [1.807, 2.05) is 24.3 Å². The fraction of sp³-hybridized carbons (Fsp3) is 0.0667. The third-order valence-electron chi connectivity index (χ3n) is 3.05. The highest BCUT2D eigenvalue weighted by Crippen LogP contribution is 2.24. The second-order valence-corrected chi connectivity index (χ2v) is 6.08. The lowest BCUT2D eigenvalue weighted by molar-refractivity contribution is 0.102. The van der Waals surface area contributed by atoms with Crippen molar-refractivity contribution in [2.75, 3.05) is 12.4 Å². The smallest absolute Gasteiger partial charge is 0.260 e. The summed E-state index contributed by atoms with van der Waals surface area (Å²) in [6.07, 6.45) is 0. The summed E-state index contributed by atoms with van der Waals surface area (Å²) in [6, 6.07) is 10.3. The molecule has 3 aromatic rings. The van der Waals surface area contributed by atoms with Crippen LogP contribution in [0.2, 0.25) is 10.3 Å². The minimum Gasteiger partial charge on any atom is -0.497 e. The molecule has 3 rings (SSSR count). The number of rotatable bonds is 4. The van der Waals surface area contributed by atoms with E-state index in [9.17, 15) is 4.79 Å². The molecular formula is C15H10Cl2N4O2S. The Morgan fingerprint density at radius 2 is 1.88 bits per heavy atom. The normalized spacial score (nSPS) is 10.5. The van der Waals surface area contributed by atoms with Gasteiger partial charge in [-0.1, -0.05) is 23.2 Å². The highest BCUT2D eigenvalue weighted by Gasteiger charge is 2.15. The van der Waals surface area contributed by atoms with E-state index in [1.54, 1.807) is 7.11 Å². The summed E-state index contributed by atoms with van der Waals surface area (Å²) in [6.45, 7) is 0. The SMILES string of the molecule is COc1ccc(-c2nsc(NC(=O)c3ccc(Cl)nc3Cl)n2)cc1. The van der Waals surface area contributed by atoms with Crippen molar-refractivity contribution >= 4 is 45.8 Å². The number of nitrogens with one attached hydrogen (secondary N) is 1. The molecule has 0 saturated heterocycles. The van der Waals surface area contributed by atoms with Gasteiger partial charge >= 0.3 is 0 Å². The third kappa shape index (κ3) is 3.64. The largest absolute Gasteiger partial charge is 0.497 e. The molecule has 6 nitrogen and oxygen atoms in total. The molecule has 1 amide bonds. The van der Waals surface area contributed by atoms with Gasteiger partial charge in [0.2, 0.25) is 5.13 Å². The molecule has 9 heteroatoms. The van der Waals surface area contributed by atoms with Crippen molar-refractivity contribution in [2.24, 2.45) is 0 Å². The Kier molecular flexibility index (Phi) is 4.94. The summed E-state index contributed by atoms with van der Waals surface area (Å²) < 4.78 is 9.34. The number of pyridine rings is 1. The molecule has 1 aromatic carbocycles. The number of amides is 1. The highest BCUT2D eigenvalue weighted by molar-refractivity contribution is 7.10. The quantitative estimate of drug-likeness (QED) is 0.687. The van der Waals surface area contributed by atoms with Gasteiger partial charge in [0.1, 0.15) is 16.1 Å². The van der Waals surface area contributed by atoms with Crippen molar-refractivity contribution in [3.63, 3.8) is 0 Å². The first-order valence-corrected chi connectivity index (χ1v) is 8.21. The van der Waals surface area contributed by atoms with Crippen molar-refractivity contribution in [3.8, 4) is 17.1 Å². The Bertz CT molecular complexity index is 883. The van der Waals surface area contributed by atoms with Crippen molar-refractivity contribution in [2.45, 2.75) is 0 Å². The van der Waals surface area contributed by atoms with Crippen LogP contribution < -0.4 is 10.1 Å². The highest BCUT2D eigenvalue weighted by atomic mass is 35.5. The summed E-state index contributed by atoms with van der Waals surface area (Å²) in [5, 5.41) is 3.25. The van der Waals surface area contributed by atoms with E-state index in [-0.39, 0.29) is 15.9 Å². The Morgan fingerprint density at radius 1 is 1.12 bits per heavy atom. The van der Waals surface area contributed by atoms with Crippen LogP contribution >= 0.6 is 34.7 Å². The summed E-state index contributed by atoms with van der Waals surface area (Å²) in [4.78, 5) is 20.3. The zero-order valence-corrected chi connectivity index (χ0v) is 14.6. The number of ether oxygens (including phenoxy) is 1. The van der Waals surface area contributed by atoms with Gasteiger partial charge < -0.3 is 4.74 Å². The molecule has 0 aliphatic rings. The van der Waals surface area contributed by atoms with Gasteiger partial charge in [0.05, 0.1) is 12.7 Å². The summed E-state index contributed by atoms with van der Waals surface area (Å²) in [7, 11) is 1.60. The van der Waals surface area contributed by atoms with Crippen LogP contribution in [0.3, 0.4) is 0 Å². The Balaban J connectivity index is 1.76. The summed E-state index contributed by atoms with van der Waals surface area (Å²) >= 11 is 12.7. The number of carbonyl (C=O) groups is 1. The minimum atomic E-state index is -0.429. The zero-order valence-electron chi connectivity index (χ0n) is 12.3. The van der Waals surface area contributed by atoms with E-state index in [4.69, 9.17) is 27.9 Å². The second-order valence-electron chi connectivity index (χ2n) is 4.58. The van der Waals surface area contributed by atoms with Crippen LogP contribution in [0, 0.1) is 0 Å². The van der Waals surface area contributed by atoms with Crippen molar-refractivity contribution < 1.29 is 9.53 Å². The van der Waals surface area contributed by atoms with E-state index >= 15 is 0 Å². The van der Waals surface area contributed by atoms with Crippen LogP contribution in [0.15, 0.2) is 36.4 Å². The number of carbonyl (C=O) groups excluding carboxylic acids is 1. The fourth-order valence-electron chi connectivity index (χ4n) is 1.88. The number of hydrogen-bond donors (Lipinski definition) is 1. The molecule has 122 valence electrons. The first kappa shape index (κ1) is 16.6. The lowest BCUT2D eigenvalue weighted by Gasteiger charge is -2.03. The minimum absolute atomic E-state index is 0.0277. The van der Waals surface area contributed by atoms with E-state index in [0.29, 0.717) is 11.0 Å². The first-order valence-electron chi connectivity index (χ1n) is 6.68. The number of anilines is 1. The number of nitrogens with zero attached hydrogens (tertiary/aromatic N) is 3. The second kappa shape index (κ2) is 7.12. The number of benzene rings is 1. The van der Waals surface area contributed by atoms with E-state index in [0.717, 1.165) is 22.8 Å². The van der Waals surface area contributed by atoms with Crippen LogP contribution in [0.25, 0.3) is 11.4 Å². The third-order valence-corrected chi connectivity index (χ3v) is 4.18. The van der Waals surface area contributed by atoms with Crippen LogP contribution in [-0.2, 0) is 0 Å². The summed E-state index contributed by atoms with van der Waals surface area (Å²) in [5.74, 6) is 0.826. The molecule has 0 bridgehead atoms. The van der Waals surface area contributed by atoms with Crippen LogP contribution in [0.4, 0.5) is 5.13 Å². The zero-order chi connectivity index (χ0) is 17.1. The van der Waals surface area contributed by atoms with Gasteiger partial charge in [0.15, 0.2) is 5.82 Å². The van der Waals surface area contributed by atoms with Gasteiger partial charge in [-0.25, -0.2) is 4.98 Å². The molecule has 0 aliphatic heterocycles. The van der Waals surface area contributed by atoms with Gasteiger partial charge in [-0.15, -0.1) is 0 Å². The number of halogens is 2. The molecule has 0 saturated carbocycles. The maximum absolute atomic E-state index is 12.2. The van der Waals surface area contributed by atoms with Crippen LogP contribution in [0.1, 0.15) is 10.4 Å². The van der Waals surface area contributed by atoms with Crippen molar-refractivity contribution in [3.05, 3.63) is 52.3 Å². The predicted octanol–water partition coefficient (Wildman–Crippen LogP) is 4.17. The Morgan fingerprint density at radius 3 is 2.54 bits per heavy atom. The molecule has 0 radical (unpaired) electrons. The van der Waals surface area contributed by atoms with E-state index < -0.39 is 5.91 Å². The van der Waals surface area contributed by atoms with Crippen LogP contribution in [0.5, 0.6) is 5.75 Å². The average Bonchev–Trinajstić information content (AvgIpc) is 3.03. The number of methoxy groups -OCH3 is 1. The lowest BCUT2D eigenvalue weighted by Crippen LogP contribution is -2.12. The standard InChI is InChI=1S/C15H10Cl2N4O2S/c1-23-9-4-2-8(3-5-9)13-19-15(24-21-13)20-14(22)10-6-7-11(16)18-12(10)17/h2-7H,1H3,(H,19,20,21,22). The molecule has 2 heterocycles. The van der Waals surface area contributed by atoms with Crippen molar-refractivity contribution in [1.29, 1.82) is 0 Å². The molecule has 2 aromatic heterocycles. The molecule has 0 fully saturated rings. The van der Waals surface area contributed by atoms with E-state index in [2.05, 4.69) is 19.7 Å². The van der Waals surface area contributed by atoms with Gasteiger partial charge in [0, 0.05) is 17.1 Å². The first-order chi connectivity index (χ1) is 11.6. The maximum atomic E-state index is 12.2. The monoisotopic (exact) mass is 380 g/mol. The lowest BCUT2D eigenvalue weighted by atomic mass is 10.2. The predicted molar refractivity (Wildman–Crippen MR) is 94.1 cm³/mol. The van der Waals surface area contributed by atoms with Crippen molar-refractivity contribution in [1.82, 2.24) is 14.3 Å². The van der Waals surface area contributed by atoms with Gasteiger partial charge in [-0.05, 0) is 36.4 Å². The average molecular weight is 381 g/mol. The number of hydrogen-bond acceptors (Lipinski definition) is 6. The number of aromatic nitrogens is 3. The maximum Gasteiger partial charge on any atom is 0.260 e. The molecule has 24 heavy (non-hydrogen) atoms. The van der Waals surface area contributed by atoms with Gasteiger partial charge in [-0.2, -0.15) is 9.36 Å². The van der Waals surface area contributed by atoms with Gasteiger partial charge in [0.25, 0.3) is 5.91 Å². The molecule has 0 atom stereocenters. The van der Waals surface area contributed by atoms with Crippen LogP contribution in [-0.4, -0.2) is 27.4 Å². The molecule has 1 N–H and O–H groups in total. The molecule has 0 aliphatic carbocycles. The molecule has 0 unspecified atom stereocenters. The molecule has 0 spiro atoms. The molecular weight excluding hydrogens is 371 g/mol. The summed E-state index contributed by atoms with van der Waals surface area (Å²) in [5.41, 5.74) is 1.03.